The zero-order valence-corrected chi connectivity index (χ0v) is 20.0. The van der Waals surface area contributed by atoms with Crippen LogP contribution in [0.4, 0.5) is 5.69 Å². The zero-order chi connectivity index (χ0) is 22.8. The second-order valence-corrected chi connectivity index (χ2v) is 9.66. The Kier molecular flexibility index (Phi) is 6.28. The summed E-state index contributed by atoms with van der Waals surface area (Å²) in [5, 5.41) is 18.3. The Bertz CT molecular complexity index is 1280. The number of hydrogen-bond acceptors (Lipinski definition) is 7. The Morgan fingerprint density at radius 3 is 2.58 bits per heavy atom. The maximum atomic E-state index is 11.7. The molecule has 10 heteroatoms. The smallest absolute Gasteiger partial charge is 0.282 e. The molecule has 1 aliphatic carbocycles. The summed E-state index contributed by atoms with van der Waals surface area (Å²) < 4.78 is 13.5. The Morgan fingerprint density at radius 1 is 1.12 bits per heavy atom. The molecule has 0 radical (unpaired) electrons. The van der Waals surface area contributed by atoms with Crippen molar-refractivity contribution in [2.24, 2.45) is 10.1 Å². The number of hydrogen-bond donors (Lipinski definition) is 0. The van der Waals surface area contributed by atoms with Gasteiger partial charge in [0.15, 0.2) is 11.5 Å². The van der Waals surface area contributed by atoms with Crippen molar-refractivity contribution in [3.8, 4) is 22.8 Å². The molecule has 0 bridgehead atoms. The van der Waals surface area contributed by atoms with Gasteiger partial charge < -0.3 is 9.47 Å². The summed E-state index contributed by atoms with van der Waals surface area (Å²) in [5.74, 6) is 0.836. The van der Waals surface area contributed by atoms with Gasteiger partial charge in [-0.05, 0) is 31.0 Å². The van der Waals surface area contributed by atoms with E-state index in [1.165, 1.54) is 42.9 Å². The molecule has 2 heterocycles. The second-order valence-electron chi connectivity index (χ2n) is 7.91. The Balaban J connectivity index is 1.60. The van der Waals surface area contributed by atoms with Crippen LogP contribution in [0.25, 0.3) is 11.3 Å². The number of nitrogens with zero attached hydrogens (tertiary/aromatic N) is 4. The van der Waals surface area contributed by atoms with Crippen LogP contribution in [0.2, 0.25) is 0 Å². The molecule has 0 saturated heterocycles. The van der Waals surface area contributed by atoms with Gasteiger partial charge in [0, 0.05) is 15.4 Å². The van der Waals surface area contributed by atoms with E-state index in [4.69, 9.17) is 14.5 Å². The average molecular weight is 529 g/mol. The van der Waals surface area contributed by atoms with E-state index in [1.807, 2.05) is 29.6 Å². The van der Waals surface area contributed by atoms with E-state index in [1.54, 1.807) is 10.7 Å². The van der Waals surface area contributed by atoms with Crippen molar-refractivity contribution in [1.29, 1.82) is 0 Å². The lowest BCUT2D eigenvalue weighted by molar-refractivity contribution is -0.385. The molecule has 0 spiro atoms. The van der Waals surface area contributed by atoms with Gasteiger partial charge in [-0.2, -0.15) is 5.10 Å². The van der Waals surface area contributed by atoms with Crippen molar-refractivity contribution >= 4 is 39.2 Å². The maximum Gasteiger partial charge on any atom is 0.282 e. The molecule has 2 aromatic carbocycles. The fraction of sp³-hybridized carbons (Fsp3) is 0.304. The van der Waals surface area contributed by atoms with E-state index in [-0.39, 0.29) is 18.5 Å². The normalized spacial score (nSPS) is 16.6. The van der Waals surface area contributed by atoms with E-state index in [0.29, 0.717) is 17.1 Å². The molecule has 1 fully saturated rings. The predicted molar refractivity (Wildman–Crippen MR) is 130 cm³/mol. The lowest BCUT2D eigenvalue weighted by Crippen LogP contribution is -2.19. The minimum atomic E-state index is -0.440. The summed E-state index contributed by atoms with van der Waals surface area (Å²) >= 11 is 5.00. The number of nitro benzene ring substituents is 1. The molecule has 8 nitrogen and oxygen atoms in total. The van der Waals surface area contributed by atoms with Crippen LogP contribution in [0.15, 0.2) is 56.3 Å². The summed E-state index contributed by atoms with van der Waals surface area (Å²) in [4.78, 5) is 17.0. The number of thiazole rings is 1. The standard InChI is InChI=1S/C23H21BrN4O4S/c24-17-8-6-15(7-9-17)20-13-33-23(26-18-4-2-1-3-5-18)27(20)25-12-16-10-21-22(32-14-31-21)11-19(16)28(29)30/h6-13,18H,1-5,14H2. The van der Waals surface area contributed by atoms with Crippen molar-refractivity contribution in [2.75, 3.05) is 6.79 Å². The van der Waals surface area contributed by atoms with Crippen LogP contribution in [0, 0.1) is 10.1 Å². The molecule has 170 valence electrons. The lowest BCUT2D eigenvalue weighted by atomic mass is 9.96. The van der Waals surface area contributed by atoms with Crippen LogP contribution in [-0.2, 0) is 0 Å². The minimum Gasteiger partial charge on any atom is -0.454 e. The number of nitro groups is 1. The van der Waals surface area contributed by atoms with Gasteiger partial charge in [0.1, 0.15) is 0 Å². The molecule has 0 N–H and O–H groups in total. The molecule has 0 amide bonds. The highest BCUT2D eigenvalue weighted by molar-refractivity contribution is 9.10. The largest absolute Gasteiger partial charge is 0.454 e. The Hall–Kier alpha value is -2.98. The molecule has 3 aromatic rings. The highest BCUT2D eigenvalue weighted by Crippen LogP contribution is 2.37. The first-order valence-corrected chi connectivity index (χ1v) is 12.4. The molecular formula is C23H21BrN4O4S. The monoisotopic (exact) mass is 528 g/mol. The fourth-order valence-electron chi connectivity index (χ4n) is 4.01. The van der Waals surface area contributed by atoms with E-state index < -0.39 is 4.92 Å². The number of halogens is 1. The number of rotatable bonds is 5. The van der Waals surface area contributed by atoms with Gasteiger partial charge in [0.05, 0.1) is 34.5 Å². The van der Waals surface area contributed by atoms with E-state index in [2.05, 4.69) is 21.0 Å². The summed E-state index contributed by atoms with van der Waals surface area (Å²) in [5.41, 5.74) is 2.11. The van der Waals surface area contributed by atoms with Crippen LogP contribution in [0.1, 0.15) is 37.7 Å². The first kappa shape index (κ1) is 21.8. The van der Waals surface area contributed by atoms with Gasteiger partial charge in [-0.25, -0.2) is 4.68 Å². The van der Waals surface area contributed by atoms with Crippen LogP contribution >= 0.6 is 27.3 Å². The highest BCUT2D eigenvalue weighted by Gasteiger charge is 2.23. The molecule has 1 aliphatic heterocycles. The van der Waals surface area contributed by atoms with Crippen LogP contribution in [-0.4, -0.2) is 28.6 Å². The molecule has 0 atom stereocenters. The molecule has 0 unspecified atom stereocenters. The number of benzene rings is 2. The quantitative estimate of drug-likeness (QED) is 0.240. The summed E-state index contributed by atoms with van der Waals surface area (Å²) in [7, 11) is 0. The topological polar surface area (TPSA) is 91.2 Å². The Labute approximate surface area is 202 Å². The van der Waals surface area contributed by atoms with E-state index >= 15 is 0 Å². The third-order valence-electron chi connectivity index (χ3n) is 5.72. The maximum absolute atomic E-state index is 11.7. The van der Waals surface area contributed by atoms with Crippen LogP contribution < -0.4 is 14.3 Å². The van der Waals surface area contributed by atoms with Gasteiger partial charge in [-0.15, -0.1) is 11.3 Å². The van der Waals surface area contributed by atoms with Crippen molar-refractivity contribution in [3.63, 3.8) is 0 Å². The van der Waals surface area contributed by atoms with Crippen molar-refractivity contribution in [3.05, 3.63) is 66.7 Å². The summed E-state index contributed by atoms with van der Waals surface area (Å²) in [6, 6.07) is 11.2. The predicted octanol–water partition coefficient (Wildman–Crippen LogP) is 5.73. The number of ether oxygens (including phenoxy) is 2. The third kappa shape index (κ3) is 4.72. The SMILES string of the molecule is O=[N+]([O-])c1cc2c(cc1C=Nn1c(-c3ccc(Br)cc3)csc1=NC1CCCCC1)OCO2. The summed E-state index contributed by atoms with van der Waals surface area (Å²) in [6.07, 6.45) is 7.27. The van der Waals surface area contributed by atoms with Crippen molar-refractivity contribution in [2.45, 2.75) is 38.1 Å². The molecule has 1 aromatic heterocycles. The molecule has 2 aliphatic rings. The van der Waals surface area contributed by atoms with Gasteiger partial charge in [-0.1, -0.05) is 47.3 Å². The van der Waals surface area contributed by atoms with Gasteiger partial charge >= 0.3 is 0 Å². The molecular weight excluding hydrogens is 508 g/mol. The minimum absolute atomic E-state index is 0.0461. The first-order chi connectivity index (χ1) is 16.1. The van der Waals surface area contributed by atoms with E-state index in [9.17, 15) is 10.1 Å². The van der Waals surface area contributed by atoms with Crippen molar-refractivity contribution in [1.82, 2.24) is 4.68 Å². The molecule has 33 heavy (non-hydrogen) atoms. The van der Waals surface area contributed by atoms with Crippen LogP contribution in [0.3, 0.4) is 0 Å². The second kappa shape index (κ2) is 9.48. The van der Waals surface area contributed by atoms with E-state index in [0.717, 1.165) is 33.4 Å². The summed E-state index contributed by atoms with van der Waals surface area (Å²) in [6.45, 7) is 0.0461. The van der Waals surface area contributed by atoms with Gasteiger partial charge in [0.25, 0.3) is 5.69 Å². The molecule has 5 rings (SSSR count). The number of fused-ring (bicyclic) bond motifs is 1. The third-order valence-corrected chi connectivity index (χ3v) is 7.08. The van der Waals surface area contributed by atoms with Crippen molar-refractivity contribution < 1.29 is 14.4 Å². The first-order valence-electron chi connectivity index (χ1n) is 10.7. The van der Waals surface area contributed by atoms with Gasteiger partial charge in [0.2, 0.25) is 11.6 Å². The average Bonchev–Trinajstić information content (AvgIpc) is 3.44. The fourth-order valence-corrected chi connectivity index (χ4v) is 5.19. The lowest BCUT2D eigenvalue weighted by Gasteiger charge is -2.16. The van der Waals surface area contributed by atoms with Gasteiger partial charge in [-0.3, -0.25) is 15.1 Å². The zero-order valence-electron chi connectivity index (χ0n) is 17.6. The molecule has 1 saturated carbocycles. The highest BCUT2D eigenvalue weighted by atomic mass is 79.9. The Morgan fingerprint density at radius 2 is 1.85 bits per heavy atom. The van der Waals surface area contributed by atoms with Crippen LogP contribution in [0.5, 0.6) is 11.5 Å². The number of aromatic nitrogens is 1.